The molecule has 0 saturated carbocycles. The number of hydrogen-bond donors (Lipinski definition) is 1. The summed E-state index contributed by atoms with van der Waals surface area (Å²) >= 11 is 0. The van der Waals surface area contributed by atoms with Crippen LogP contribution in [0.4, 0.5) is 5.82 Å². The van der Waals surface area contributed by atoms with E-state index in [0.717, 1.165) is 31.0 Å². The highest BCUT2D eigenvalue weighted by Gasteiger charge is 1.93. The zero-order valence-corrected chi connectivity index (χ0v) is 8.08. The molecule has 1 heterocycles. The summed E-state index contributed by atoms with van der Waals surface area (Å²) < 4.78 is 4.93. The Kier molecular flexibility index (Phi) is 4.18. The van der Waals surface area contributed by atoms with Crippen LogP contribution >= 0.6 is 0 Å². The fraction of sp³-hybridized carbons (Fsp3) is 0.556. The van der Waals surface area contributed by atoms with Crippen molar-refractivity contribution in [2.75, 3.05) is 25.6 Å². The number of rotatable bonds is 5. The number of aryl methyl sites for hydroxylation is 1. The Hall–Kier alpha value is -1.16. The van der Waals surface area contributed by atoms with Crippen LogP contribution in [0.15, 0.2) is 12.3 Å². The van der Waals surface area contributed by atoms with Crippen LogP contribution in [0.5, 0.6) is 0 Å². The average molecular weight is 181 g/mol. The van der Waals surface area contributed by atoms with Gasteiger partial charge in [0.05, 0.1) is 6.20 Å². The predicted octanol–water partition coefficient (Wildman–Crippen LogP) is 1.23. The van der Waals surface area contributed by atoms with Crippen LogP contribution in [0.2, 0.25) is 0 Å². The zero-order valence-electron chi connectivity index (χ0n) is 8.08. The minimum absolute atomic E-state index is 0.770. The van der Waals surface area contributed by atoms with Gasteiger partial charge in [0.25, 0.3) is 0 Å². The average Bonchev–Trinajstić information content (AvgIpc) is 2.13. The van der Waals surface area contributed by atoms with Gasteiger partial charge in [-0.3, -0.25) is 0 Å². The molecule has 72 valence electrons. The van der Waals surface area contributed by atoms with Crippen molar-refractivity contribution in [1.29, 1.82) is 0 Å². The van der Waals surface area contributed by atoms with Crippen LogP contribution in [0, 0.1) is 6.92 Å². The molecule has 0 fully saturated rings. The minimum Gasteiger partial charge on any atom is -0.385 e. The van der Waals surface area contributed by atoms with Gasteiger partial charge in [0.1, 0.15) is 5.82 Å². The molecule has 1 rings (SSSR count). The lowest BCUT2D eigenvalue weighted by molar-refractivity contribution is 0.197. The highest BCUT2D eigenvalue weighted by Crippen LogP contribution is 2.02. The number of hydrogen-bond acceptors (Lipinski definition) is 4. The molecule has 0 saturated heterocycles. The summed E-state index contributed by atoms with van der Waals surface area (Å²) in [6.07, 6.45) is 2.71. The molecule has 0 aliphatic heterocycles. The van der Waals surface area contributed by atoms with Crippen molar-refractivity contribution in [1.82, 2.24) is 10.2 Å². The summed E-state index contributed by atoms with van der Waals surface area (Å²) in [4.78, 5) is 0. The van der Waals surface area contributed by atoms with Crippen LogP contribution < -0.4 is 5.32 Å². The monoisotopic (exact) mass is 181 g/mol. The van der Waals surface area contributed by atoms with E-state index in [0.29, 0.717) is 0 Å². The Morgan fingerprint density at radius 3 is 3.08 bits per heavy atom. The quantitative estimate of drug-likeness (QED) is 0.694. The van der Waals surface area contributed by atoms with E-state index in [2.05, 4.69) is 15.5 Å². The third kappa shape index (κ3) is 3.85. The Balaban J connectivity index is 2.28. The fourth-order valence-corrected chi connectivity index (χ4v) is 0.983. The van der Waals surface area contributed by atoms with Crippen LogP contribution in [0.25, 0.3) is 0 Å². The Bertz CT molecular complexity index is 252. The van der Waals surface area contributed by atoms with Crippen molar-refractivity contribution in [3.8, 4) is 0 Å². The summed E-state index contributed by atoms with van der Waals surface area (Å²) in [5.74, 6) is 0.830. The molecule has 0 bridgehead atoms. The molecule has 0 radical (unpaired) electrons. The third-order valence-electron chi connectivity index (χ3n) is 1.62. The number of aromatic nitrogens is 2. The molecule has 0 spiro atoms. The lowest BCUT2D eigenvalue weighted by Gasteiger charge is -2.03. The molecule has 0 unspecified atom stereocenters. The van der Waals surface area contributed by atoms with Crippen molar-refractivity contribution < 1.29 is 4.74 Å². The number of methoxy groups -OCH3 is 1. The van der Waals surface area contributed by atoms with Crippen LogP contribution in [-0.2, 0) is 4.74 Å². The first kappa shape index (κ1) is 9.92. The molecular formula is C9H15N3O. The van der Waals surface area contributed by atoms with Gasteiger partial charge < -0.3 is 10.1 Å². The molecule has 13 heavy (non-hydrogen) atoms. The van der Waals surface area contributed by atoms with Crippen molar-refractivity contribution >= 4 is 5.82 Å². The molecular weight excluding hydrogens is 166 g/mol. The van der Waals surface area contributed by atoms with Gasteiger partial charge in [-0.2, -0.15) is 5.10 Å². The Morgan fingerprint density at radius 1 is 1.54 bits per heavy atom. The predicted molar refractivity (Wildman–Crippen MR) is 51.8 cm³/mol. The van der Waals surface area contributed by atoms with Crippen molar-refractivity contribution in [3.63, 3.8) is 0 Å². The minimum atomic E-state index is 0.770. The number of anilines is 1. The molecule has 0 aromatic carbocycles. The van der Waals surface area contributed by atoms with Gasteiger partial charge in [0.15, 0.2) is 0 Å². The fourth-order valence-electron chi connectivity index (χ4n) is 0.983. The van der Waals surface area contributed by atoms with Gasteiger partial charge in [-0.25, -0.2) is 0 Å². The summed E-state index contributed by atoms with van der Waals surface area (Å²) in [6, 6.07) is 1.97. The van der Waals surface area contributed by atoms with E-state index in [9.17, 15) is 0 Å². The lowest BCUT2D eigenvalue weighted by Crippen LogP contribution is -2.06. The zero-order chi connectivity index (χ0) is 9.52. The summed E-state index contributed by atoms with van der Waals surface area (Å²) in [5.41, 5.74) is 1.12. The van der Waals surface area contributed by atoms with Gasteiger partial charge in [0, 0.05) is 20.3 Å². The number of ether oxygens (including phenoxy) is 1. The van der Waals surface area contributed by atoms with E-state index >= 15 is 0 Å². The van der Waals surface area contributed by atoms with Crippen molar-refractivity contribution in [3.05, 3.63) is 17.8 Å². The molecule has 0 amide bonds. The first-order valence-corrected chi connectivity index (χ1v) is 4.35. The van der Waals surface area contributed by atoms with E-state index in [1.54, 1.807) is 13.3 Å². The van der Waals surface area contributed by atoms with Crippen LogP contribution in [0.3, 0.4) is 0 Å². The highest BCUT2D eigenvalue weighted by molar-refractivity contribution is 5.34. The highest BCUT2D eigenvalue weighted by atomic mass is 16.5. The van der Waals surface area contributed by atoms with Gasteiger partial charge in [-0.15, -0.1) is 5.10 Å². The number of nitrogens with one attached hydrogen (secondary N) is 1. The normalized spacial score (nSPS) is 10.0. The van der Waals surface area contributed by atoms with Gasteiger partial charge in [-0.05, 0) is 25.0 Å². The van der Waals surface area contributed by atoms with E-state index in [-0.39, 0.29) is 0 Å². The van der Waals surface area contributed by atoms with E-state index in [1.165, 1.54) is 0 Å². The maximum absolute atomic E-state index is 4.93. The molecule has 4 nitrogen and oxygen atoms in total. The largest absolute Gasteiger partial charge is 0.385 e. The van der Waals surface area contributed by atoms with E-state index in [4.69, 9.17) is 4.74 Å². The smallest absolute Gasteiger partial charge is 0.148 e. The van der Waals surface area contributed by atoms with Crippen molar-refractivity contribution in [2.24, 2.45) is 0 Å². The maximum Gasteiger partial charge on any atom is 0.148 e. The number of nitrogens with zero attached hydrogens (tertiary/aromatic N) is 2. The SMILES string of the molecule is COCCCNc1cc(C)cnn1. The first-order chi connectivity index (χ1) is 6.33. The molecule has 1 aromatic heterocycles. The summed E-state index contributed by atoms with van der Waals surface area (Å²) in [5, 5.41) is 10.9. The third-order valence-corrected chi connectivity index (χ3v) is 1.62. The van der Waals surface area contributed by atoms with Gasteiger partial charge in [-0.1, -0.05) is 0 Å². The van der Waals surface area contributed by atoms with Gasteiger partial charge in [0.2, 0.25) is 0 Å². The first-order valence-electron chi connectivity index (χ1n) is 4.35. The Morgan fingerprint density at radius 2 is 2.38 bits per heavy atom. The molecule has 4 heteroatoms. The van der Waals surface area contributed by atoms with E-state index < -0.39 is 0 Å². The molecule has 0 aliphatic carbocycles. The Labute approximate surface area is 78.3 Å². The summed E-state index contributed by atoms with van der Waals surface area (Å²) in [7, 11) is 1.70. The molecule has 0 aliphatic rings. The topological polar surface area (TPSA) is 47.0 Å². The van der Waals surface area contributed by atoms with E-state index in [1.807, 2.05) is 13.0 Å². The standard InChI is InChI=1S/C9H15N3O/c1-8-6-9(12-11-7-8)10-4-3-5-13-2/h6-7H,3-5H2,1-2H3,(H,10,12). The van der Waals surface area contributed by atoms with Crippen LogP contribution in [-0.4, -0.2) is 30.5 Å². The summed E-state index contributed by atoms with van der Waals surface area (Å²) in [6.45, 7) is 3.63. The van der Waals surface area contributed by atoms with Gasteiger partial charge >= 0.3 is 0 Å². The lowest BCUT2D eigenvalue weighted by atomic mass is 10.3. The second-order valence-electron chi connectivity index (χ2n) is 2.89. The molecule has 1 N–H and O–H groups in total. The second kappa shape index (κ2) is 5.48. The van der Waals surface area contributed by atoms with Crippen molar-refractivity contribution in [2.45, 2.75) is 13.3 Å². The molecule has 1 aromatic rings. The van der Waals surface area contributed by atoms with Crippen LogP contribution in [0.1, 0.15) is 12.0 Å². The molecule has 0 atom stereocenters. The maximum atomic E-state index is 4.93. The second-order valence-corrected chi connectivity index (χ2v) is 2.89.